The molecule has 2 nitrogen and oxygen atoms in total. The van der Waals surface area contributed by atoms with Crippen LogP contribution in [0.5, 0.6) is 0 Å². The molecule has 0 N–H and O–H groups in total. The van der Waals surface area contributed by atoms with Crippen LogP contribution in [0, 0.1) is 0 Å². The molecule has 0 aliphatic rings. The maximum atomic E-state index is 2.74. The van der Waals surface area contributed by atoms with Crippen LogP contribution in [0.1, 0.15) is 209 Å². The van der Waals surface area contributed by atoms with Gasteiger partial charge in [-0.1, -0.05) is 225 Å². The number of hydrogen-bond donors (Lipinski definition) is 0. The minimum Gasteiger partial charge on any atom is -0.308 e. The zero-order chi connectivity index (χ0) is 53.6. The standard InChI is InChI=1S/C72H84N2/c1-39(2)53-35-49(71(17,18)19)37-55-61-59-52-26-24-42(44-29-47(69(11,12)13)34-48(30-44)70(14,15)16)32-58(52)74-64-54(40(3)4)36-50(72(20,21)22)38-56(64)62(66(59)74)60-51-25-23-41(31-57(51)73(63(53)55)65(60)61)43-27-45(67(5,6)7)33-46(28-43)68(8,9)10/h23-40H,1-22H3. The fraction of sp³-hybridized carbons (Fsp3) is 0.417. The molecule has 0 unspecified atom stereocenters. The summed E-state index contributed by atoms with van der Waals surface area (Å²) in [6.45, 7) is 52.2. The first kappa shape index (κ1) is 50.3. The molecule has 2 heteroatoms. The van der Waals surface area contributed by atoms with Gasteiger partial charge in [0, 0.05) is 43.1 Å². The lowest BCUT2D eigenvalue weighted by Crippen LogP contribution is -2.16. The van der Waals surface area contributed by atoms with Crippen molar-refractivity contribution in [2.45, 2.75) is 197 Å². The van der Waals surface area contributed by atoms with Crippen LogP contribution in [0.4, 0.5) is 0 Å². The summed E-state index contributed by atoms with van der Waals surface area (Å²) in [5.41, 5.74) is 24.2. The van der Waals surface area contributed by atoms with E-state index in [1.165, 1.54) is 143 Å². The highest BCUT2D eigenvalue weighted by molar-refractivity contribution is 6.45. The molecule has 11 aromatic rings. The molecule has 11 rings (SSSR count). The third-order valence-electron chi connectivity index (χ3n) is 17.1. The van der Waals surface area contributed by atoms with Gasteiger partial charge in [-0.3, -0.25) is 0 Å². The molecule has 0 saturated heterocycles. The molecule has 0 aliphatic carbocycles. The molecular weight excluding hydrogens is 893 g/mol. The second-order valence-corrected chi connectivity index (χ2v) is 29.7. The van der Waals surface area contributed by atoms with E-state index in [0.717, 1.165) is 0 Å². The summed E-state index contributed by atoms with van der Waals surface area (Å²) in [6, 6.07) is 40.0. The van der Waals surface area contributed by atoms with E-state index in [9.17, 15) is 0 Å². The first-order chi connectivity index (χ1) is 34.1. The van der Waals surface area contributed by atoms with Crippen LogP contribution in [-0.4, -0.2) is 8.80 Å². The third-order valence-corrected chi connectivity index (χ3v) is 17.1. The molecule has 7 aromatic carbocycles. The zero-order valence-corrected chi connectivity index (χ0v) is 49.3. The number of benzene rings is 7. The van der Waals surface area contributed by atoms with Crippen LogP contribution in [0.3, 0.4) is 0 Å². The second-order valence-electron chi connectivity index (χ2n) is 29.7. The topological polar surface area (TPSA) is 8.82 Å². The van der Waals surface area contributed by atoms with E-state index in [0.29, 0.717) is 11.8 Å². The number of hydrogen-bond acceptors (Lipinski definition) is 0. The molecule has 0 saturated carbocycles. The minimum atomic E-state index is -0.0394. The predicted octanol–water partition coefficient (Wildman–Crippen LogP) is 21.4. The maximum absolute atomic E-state index is 2.74. The van der Waals surface area contributed by atoms with Crippen molar-refractivity contribution in [3.8, 4) is 22.3 Å². The van der Waals surface area contributed by atoms with Crippen molar-refractivity contribution in [2.24, 2.45) is 0 Å². The van der Waals surface area contributed by atoms with E-state index in [2.05, 4.69) is 258 Å². The summed E-state index contributed by atoms with van der Waals surface area (Å²) in [5, 5.41) is 10.9. The number of fused-ring (bicyclic) bond motifs is 14. The SMILES string of the molecule is CC(C)c1cc(C(C)(C)C)cc2c3c4c5ccc(-c6cc(C(C)(C)C)cc(C(C)(C)C)c6)cc5n5c6c(C(C)C)cc(C(C)(C)C)cc6c(c6c7ccc(-c8cc(C(C)(C)C)cc(C(C)(C)C)c8)cc7n(c12)c63)c45. The van der Waals surface area contributed by atoms with E-state index >= 15 is 0 Å². The summed E-state index contributed by atoms with van der Waals surface area (Å²) < 4.78 is 5.49. The Labute approximate surface area is 443 Å². The van der Waals surface area contributed by atoms with Crippen LogP contribution in [0.25, 0.3) is 98.4 Å². The van der Waals surface area contributed by atoms with Gasteiger partial charge in [0.05, 0.1) is 33.1 Å². The Balaban J connectivity index is 1.40. The molecule has 0 radical (unpaired) electrons. The lowest BCUT2D eigenvalue weighted by Gasteiger charge is -2.26. The van der Waals surface area contributed by atoms with E-state index in [1.54, 1.807) is 0 Å². The summed E-state index contributed by atoms with van der Waals surface area (Å²) in [5.74, 6) is 0.622. The van der Waals surface area contributed by atoms with Gasteiger partial charge in [-0.25, -0.2) is 0 Å². The Kier molecular flexibility index (Phi) is 10.8. The molecule has 0 aliphatic heterocycles. The lowest BCUT2D eigenvalue weighted by molar-refractivity contribution is 0.568. The molecule has 74 heavy (non-hydrogen) atoms. The quantitative estimate of drug-likeness (QED) is 0.166. The third kappa shape index (κ3) is 7.60. The Bertz CT molecular complexity index is 3760. The van der Waals surface area contributed by atoms with Crippen LogP contribution in [0.15, 0.2) is 97.1 Å². The van der Waals surface area contributed by atoms with Crippen molar-refractivity contribution in [3.63, 3.8) is 0 Å². The van der Waals surface area contributed by atoms with Crippen LogP contribution in [0.2, 0.25) is 0 Å². The molecule has 0 bridgehead atoms. The first-order valence-electron chi connectivity index (χ1n) is 28.0. The van der Waals surface area contributed by atoms with Crippen molar-refractivity contribution < 1.29 is 0 Å². The van der Waals surface area contributed by atoms with Crippen LogP contribution >= 0.6 is 0 Å². The Morgan fingerprint density at radius 2 is 0.541 bits per heavy atom. The van der Waals surface area contributed by atoms with Crippen molar-refractivity contribution in [3.05, 3.63) is 142 Å². The minimum absolute atomic E-state index is 0.0102. The Morgan fingerprint density at radius 1 is 0.270 bits per heavy atom. The molecule has 4 heterocycles. The van der Waals surface area contributed by atoms with Gasteiger partial charge in [0.2, 0.25) is 0 Å². The molecular formula is C72H84N2. The van der Waals surface area contributed by atoms with Crippen LogP contribution in [-0.2, 0) is 32.5 Å². The number of rotatable bonds is 4. The summed E-state index contributed by atoms with van der Waals surface area (Å²) in [6.07, 6.45) is 0. The van der Waals surface area contributed by atoms with Gasteiger partial charge in [0.25, 0.3) is 0 Å². The van der Waals surface area contributed by atoms with Crippen molar-refractivity contribution >= 4 is 76.2 Å². The first-order valence-corrected chi connectivity index (χ1v) is 28.0. The molecule has 0 fully saturated rings. The lowest BCUT2D eigenvalue weighted by atomic mass is 9.79. The van der Waals surface area contributed by atoms with Crippen molar-refractivity contribution in [1.29, 1.82) is 0 Å². The van der Waals surface area contributed by atoms with Gasteiger partial charge >= 0.3 is 0 Å². The molecule has 0 amide bonds. The average molecular weight is 977 g/mol. The van der Waals surface area contributed by atoms with Crippen molar-refractivity contribution in [1.82, 2.24) is 8.80 Å². The van der Waals surface area contributed by atoms with Gasteiger partial charge in [-0.15, -0.1) is 0 Å². The molecule has 4 aromatic heterocycles. The highest BCUT2D eigenvalue weighted by Crippen LogP contribution is 2.55. The highest BCUT2D eigenvalue weighted by atomic mass is 14.9. The molecule has 0 atom stereocenters. The predicted molar refractivity (Wildman–Crippen MR) is 327 cm³/mol. The van der Waals surface area contributed by atoms with Crippen LogP contribution < -0.4 is 0 Å². The average Bonchev–Trinajstić information content (AvgIpc) is 4.01. The second kappa shape index (κ2) is 15.8. The largest absolute Gasteiger partial charge is 0.308 e. The fourth-order valence-electron chi connectivity index (χ4n) is 12.4. The normalized spacial score (nSPS) is 14.1. The van der Waals surface area contributed by atoms with Gasteiger partial charge < -0.3 is 8.80 Å². The van der Waals surface area contributed by atoms with Gasteiger partial charge in [0.1, 0.15) is 0 Å². The highest BCUT2D eigenvalue weighted by Gasteiger charge is 2.34. The summed E-state index contributed by atoms with van der Waals surface area (Å²) in [7, 11) is 0. The van der Waals surface area contributed by atoms with E-state index in [4.69, 9.17) is 0 Å². The molecule has 382 valence electrons. The smallest absolute Gasteiger partial charge is 0.0634 e. The number of nitrogens with zero attached hydrogens (tertiary/aromatic N) is 2. The maximum Gasteiger partial charge on any atom is 0.0634 e. The monoisotopic (exact) mass is 977 g/mol. The van der Waals surface area contributed by atoms with Gasteiger partial charge in [-0.05, 0) is 135 Å². The fourth-order valence-corrected chi connectivity index (χ4v) is 12.4. The van der Waals surface area contributed by atoms with E-state index in [-0.39, 0.29) is 32.5 Å². The Hall–Kier alpha value is -5.86. The van der Waals surface area contributed by atoms with E-state index in [1.807, 2.05) is 0 Å². The summed E-state index contributed by atoms with van der Waals surface area (Å²) >= 11 is 0. The Morgan fingerprint density at radius 3 is 0.811 bits per heavy atom. The zero-order valence-electron chi connectivity index (χ0n) is 49.3. The van der Waals surface area contributed by atoms with Crippen molar-refractivity contribution in [2.75, 3.05) is 0 Å². The summed E-state index contributed by atoms with van der Waals surface area (Å²) in [4.78, 5) is 0. The number of aromatic nitrogens is 2. The van der Waals surface area contributed by atoms with Gasteiger partial charge in [0.15, 0.2) is 0 Å². The van der Waals surface area contributed by atoms with Gasteiger partial charge in [-0.2, -0.15) is 0 Å². The molecule has 0 spiro atoms. The van der Waals surface area contributed by atoms with E-state index < -0.39 is 0 Å².